The molecule has 0 radical (unpaired) electrons. The van der Waals surface area contributed by atoms with Crippen molar-refractivity contribution in [2.75, 3.05) is 0 Å². The molecule has 0 aliphatic heterocycles. The molecule has 30 heavy (non-hydrogen) atoms. The molecule has 170 valence electrons. The lowest BCUT2D eigenvalue weighted by atomic mass is 9.82. The van der Waals surface area contributed by atoms with E-state index in [1.807, 2.05) is 13.0 Å². The third kappa shape index (κ3) is 9.22. The number of carbonyl (C=O) groups excluding carboxylic acids is 2. The van der Waals surface area contributed by atoms with Crippen LogP contribution in [0, 0.1) is 17.8 Å². The normalized spacial score (nSPS) is 24.0. The van der Waals surface area contributed by atoms with Gasteiger partial charge in [0.15, 0.2) is 5.78 Å². The van der Waals surface area contributed by atoms with E-state index in [4.69, 9.17) is 5.11 Å². The summed E-state index contributed by atoms with van der Waals surface area (Å²) in [6.07, 6.45) is 5.72. The number of allylic oxidation sites excluding steroid dienone is 2. The summed E-state index contributed by atoms with van der Waals surface area (Å²) in [5.74, 6) is -0.437. The Morgan fingerprint density at radius 3 is 2.50 bits per heavy atom. The summed E-state index contributed by atoms with van der Waals surface area (Å²) >= 11 is 0. The molecule has 0 aromatic heterocycles. The van der Waals surface area contributed by atoms with Gasteiger partial charge in [0.05, 0.1) is 11.8 Å². The molecular weight excluding hydrogens is 386 g/mol. The first-order valence-corrected chi connectivity index (χ1v) is 10.8. The third-order valence-corrected chi connectivity index (χ3v) is 5.35. The number of carboxylic acids is 1. The fourth-order valence-electron chi connectivity index (χ4n) is 3.96. The maximum Gasteiger partial charge on any atom is 0.303 e. The lowest BCUT2D eigenvalue weighted by molar-refractivity contribution is -0.137. The molecule has 0 unspecified atom stereocenters. The molecule has 1 amide bonds. The van der Waals surface area contributed by atoms with Gasteiger partial charge in [-0.3, -0.25) is 14.4 Å². The third-order valence-electron chi connectivity index (χ3n) is 5.35. The number of amides is 1. The van der Waals surface area contributed by atoms with Crippen LogP contribution in [0.5, 0.6) is 0 Å². The second-order valence-corrected chi connectivity index (χ2v) is 9.09. The summed E-state index contributed by atoms with van der Waals surface area (Å²) in [7, 11) is 0. The monoisotopic (exact) mass is 423 g/mol. The highest BCUT2D eigenvalue weighted by Gasteiger charge is 2.40. The fraction of sp³-hybridized carbons (Fsp3) is 0.696. The molecule has 4 N–H and O–H groups in total. The number of nitrogens with one attached hydrogen (secondary N) is 1. The molecule has 0 saturated carbocycles. The van der Waals surface area contributed by atoms with Crippen molar-refractivity contribution >= 4 is 17.7 Å². The first-order valence-electron chi connectivity index (χ1n) is 10.8. The van der Waals surface area contributed by atoms with Crippen molar-refractivity contribution in [3.8, 4) is 0 Å². The van der Waals surface area contributed by atoms with Gasteiger partial charge in [-0.15, -0.1) is 0 Å². The quantitative estimate of drug-likeness (QED) is 0.283. The minimum atomic E-state index is -1.67. The number of carbonyl (C=O) groups is 3. The Balaban J connectivity index is 2.68. The standard InChI is InChI=1S/C23H37NO6/c1-15(2)11-17(4)12-16(3)8-9-21(27)24-18-14-23(30,20(26)13-19(18)25)10-6-5-7-22(28)29/h8-9,14-17,20,26,30H,5-7,10-13H2,1-4H3,(H,24,27)(H,28,29)/b9-8+/t16-,17+,20+,23-/m1/s1. The number of hydrogen-bond acceptors (Lipinski definition) is 5. The van der Waals surface area contributed by atoms with Crippen molar-refractivity contribution in [2.24, 2.45) is 17.8 Å². The van der Waals surface area contributed by atoms with E-state index in [2.05, 4.69) is 26.1 Å². The molecule has 7 heteroatoms. The lowest BCUT2D eigenvalue weighted by Crippen LogP contribution is -2.47. The number of carboxylic acid groups (broad SMARTS) is 1. The average molecular weight is 424 g/mol. The number of rotatable bonds is 12. The largest absolute Gasteiger partial charge is 0.481 e. The van der Waals surface area contributed by atoms with Crippen LogP contribution in [0.1, 0.15) is 72.6 Å². The van der Waals surface area contributed by atoms with Crippen LogP contribution < -0.4 is 5.32 Å². The van der Waals surface area contributed by atoms with Gasteiger partial charge in [0.2, 0.25) is 5.91 Å². The first kappa shape index (κ1) is 26.0. The highest BCUT2D eigenvalue weighted by atomic mass is 16.4. The van der Waals surface area contributed by atoms with Crippen LogP contribution in [0.2, 0.25) is 0 Å². The van der Waals surface area contributed by atoms with E-state index >= 15 is 0 Å². The number of aliphatic hydroxyl groups excluding tert-OH is 1. The van der Waals surface area contributed by atoms with Gasteiger partial charge in [0.1, 0.15) is 5.60 Å². The minimum absolute atomic E-state index is 0.0306. The molecule has 0 aromatic carbocycles. The molecule has 0 bridgehead atoms. The van der Waals surface area contributed by atoms with Gasteiger partial charge in [-0.2, -0.15) is 0 Å². The van der Waals surface area contributed by atoms with E-state index < -0.39 is 29.4 Å². The molecule has 0 heterocycles. The highest BCUT2D eigenvalue weighted by molar-refractivity contribution is 6.02. The van der Waals surface area contributed by atoms with Crippen LogP contribution in [0.3, 0.4) is 0 Å². The van der Waals surface area contributed by atoms with Crippen LogP contribution in [0.15, 0.2) is 23.9 Å². The molecule has 4 atom stereocenters. The zero-order valence-corrected chi connectivity index (χ0v) is 18.6. The number of unbranched alkanes of at least 4 members (excludes halogenated alkanes) is 1. The number of Topliss-reactive ketones (excluding diaryl/α,β-unsaturated/α-hetero) is 1. The molecule has 0 spiro atoms. The average Bonchev–Trinajstić information content (AvgIpc) is 2.61. The topological polar surface area (TPSA) is 124 Å². The predicted molar refractivity (Wildman–Crippen MR) is 114 cm³/mol. The second-order valence-electron chi connectivity index (χ2n) is 9.09. The van der Waals surface area contributed by atoms with Gasteiger partial charge in [-0.05, 0) is 62.0 Å². The van der Waals surface area contributed by atoms with Crippen molar-refractivity contribution in [3.63, 3.8) is 0 Å². The molecule has 0 fully saturated rings. The van der Waals surface area contributed by atoms with E-state index in [0.29, 0.717) is 24.7 Å². The Hall–Kier alpha value is -1.99. The lowest BCUT2D eigenvalue weighted by Gasteiger charge is -2.34. The summed E-state index contributed by atoms with van der Waals surface area (Å²) in [6.45, 7) is 8.60. The van der Waals surface area contributed by atoms with Gasteiger partial charge < -0.3 is 20.6 Å². The van der Waals surface area contributed by atoms with Crippen molar-refractivity contribution in [1.29, 1.82) is 0 Å². The molecule has 7 nitrogen and oxygen atoms in total. The zero-order chi connectivity index (χ0) is 22.9. The summed E-state index contributed by atoms with van der Waals surface area (Å²) in [5.41, 5.74) is -1.70. The Kier molecular flexibility index (Phi) is 10.4. The summed E-state index contributed by atoms with van der Waals surface area (Å²) < 4.78 is 0. The van der Waals surface area contributed by atoms with E-state index in [1.165, 1.54) is 12.2 Å². The smallest absolute Gasteiger partial charge is 0.303 e. The zero-order valence-electron chi connectivity index (χ0n) is 18.6. The highest BCUT2D eigenvalue weighted by Crippen LogP contribution is 2.29. The van der Waals surface area contributed by atoms with Crippen molar-refractivity contribution in [3.05, 3.63) is 23.9 Å². The van der Waals surface area contributed by atoms with Crippen LogP contribution in [0.25, 0.3) is 0 Å². The van der Waals surface area contributed by atoms with Crippen molar-refractivity contribution in [1.82, 2.24) is 5.32 Å². The maximum absolute atomic E-state index is 12.3. The first-order chi connectivity index (χ1) is 13.9. The van der Waals surface area contributed by atoms with Gasteiger partial charge in [0.25, 0.3) is 0 Å². The Morgan fingerprint density at radius 1 is 1.23 bits per heavy atom. The van der Waals surface area contributed by atoms with Gasteiger partial charge in [-0.1, -0.05) is 33.8 Å². The maximum atomic E-state index is 12.3. The SMILES string of the molecule is CC(C)C[C@H](C)C[C@H](C)/C=C/C(=O)NC1=C[C@](O)(CCCCC(=O)O)[C@@H](O)CC1=O. The number of aliphatic hydroxyl groups is 2. The summed E-state index contributed by atoms with van der Waals surface area (Å²) in [4.78, 5) is 35.0. The van der Waals surface area contributed by atoms with E-state index in [1.54, 1.807) is 0 Å². The van der Waals surface area contributed by atoms with E-state index in [-0.39, 0.29) is 30.9 Å². The van der Waals surface area contributed by atoms with Crippen LogP contribution in [-0.4, -0.2) is 44.7 Å². The Morgan fingerprint density at radius 2 is 1.90 bits per heavy atom. The Bertz CT molecular complexity index is 669. The summed E-state index contributed by atoms with van der Waals surface area (Å²) in [6, 6.07) is 0. The molecule has 1 aliphatic carbocycles. The molecule has 1 aliphatic rings. The van der Waals surface area contributed by atoms with Gasteiger partial charge in [0, 0.05) is 12.8 Å². The minimum Gasteiger partial charge on any atom is -0.481 e. The molecule has 1 rings (SSSR count). The van der Waals surface area contributed by atoms with Crippen LogP contribution >= 0.6 is 0 Å². The fourth-order valence-corrected chi connectivity index (χ4v) is 3.96. The number of aliphatic carboxylic acids is 1. The number of hydrogen-bond donors (Lipinski definition) is 4. The van der Waals surface area contributed by atoms with E-state index in [9.17, 15) is 24.6 Å². The molecular formula is C23H37NO6. The van der Waals surface area contributed by atoms with Crippen molar-refractivity contribution < 1.29 is 29.7 Å². The predicted octanol–water partition coefficient (Wildman–Crippen LogP) is 2.96. The van der Waals surface area contributed by atoms with Crippen molar-refractivity contribution in [2.45, 2.75) is 84.3 Å². The molecule has 0 saturated heterocycles. The summed E-state index contributed by atoms with van der Waals surface area (Å²) in [5, 5.41) is 32.0. The van der Waals surface area contributed by atoms with Gasteiger partial charge in [-0.25, -0.2) is 0 Å². The number of ketones is 1. The van der Waals surface area contributed by atoms with Crippen LogP contribution in [-0.2, 0) is 14.4 Å². The van der Waals surface area contributed by atoms with E-state index in [0.717, 1.165) is 12.8 Å². The van der Waals surface area contributed by atoms with Gasteiger partial charge >= 0.3 is 5.97 Å². The molecule has 0 aromatic rings. The Labute approximate surface area is 179 Å². The van der Waals surface area contributed by atoms with Crippen LogP contribution in [0.4, 0.5) is 0 Å². The second kappa shape index (κ2) is 12.0.